The minimum atomic E-state index is -0.863. The summed E-state index contributed by atoms with van der Waals surface area (Å²) in [6, 6.07) is 12.6. The molecule has 1 saturated carbocycles. The van der Waals surface area contributed by atoms with Gasteiger partial charge >= 0.3 is 0 Å². The average Bonchev–Trinajstić information content (AvgIpc) is 2.96. The van der Waals surface area contributed by atoms with E-state index in [1.807, 2.05) is 6.92 Å². The molecule has 1 fully saturated rings. The smallest absolute Gasteiger partial charge is 0.201 e. The van der Waals surface area contributed by atoms with Crippen molar-refractivity contribution in [3.8, 4) is 5.75 Å². The van der Waals surface area contributed by atoms with Gasteiger partial charge in [0.2, 0.25) is 5.82 Å². The molecule has 1 unspecified atom stereocenters. The summed E-state index contributed by atoms with van der Waals surface area (Å²) in [5.74, 6) is 0.197. The Morgan fingerprint density at radius 1 is 0.895 bits per heavy atom. The first-order valence-electron chi connectivity index (χ1n) is 14.8. The summed E-state index contributed by atoms with van der Waals surface area (Å²) >= 11 is 0. The third-order valence-corrected chi connectivity index (χ3v) is 8.31. The van der Waals surface area contributed by atoms with Gasteiger partial charge in [0, 0.05) is 5.56 Å². The fourth-order valence-corrected chi connectivity index (χ4v) is 5.82. The van der Waals surface area contributed by atoms with Crippen LogP contribution in [0.4, 0.5) is 8.78 Å². The van der Waals surface area contributed by atoms with E-state index >= 15 is 0 Å². The maximum absolute atomic E-state index is 14.8. The van der Waals surface area contributed by atoms with Crippen molar-refractivity contribution in [2.45, 2.75) is 90.4 Å². The van der Waals surface area contributed by atoms with Gasteiger partial charge in [-0.2, -0.15) is 4.39 Å². The van der Waals surface area contributed by atoms with Crippen LogP contribution in [0.2, 0.25) is 0 Å². The van der Waals surface area contributed by atoms with Crippen molar-refractivity contribution >= 4 is 5.57 Å². The van der Waals surface area contributed by atoms with Crippen LogP contribution in [0.1, 0.15) is 101 Å². The van der Waals surface area contributed by atoms with Crippen LogP contribution < -0.4 is 4.74 Å². The number of benzene rings is 2. The second-order valence-electron chi connectivity index (χ2n) is 11.1. The minimum Gasteiger partial charge on any atom is -0.490 e. The van der Waals surface area contributed by atoms with Gasteiger partial charge in [-0.3, -0.25) is 0 Å². The third-order valence-electron chi connectivity index (χ3n) is 8.31. The highest BCUT2D eigenvalue weighted by atomic mass is 19.2. The highest BCUT2D eigenvalue weighted by Crippen LogP contribution is 2.38. The normalized spacial score (nSPS) is 22.2. The van der Waals surface area contributed by atoms with Crippen LogP contribution in [0.5, 0.6) is 5.75 Å². The highest BCUT2D eigenvalue weighted by molar-refractivity contribution is 5.67. The van der Waals surface area contributed by atoms with Crippen molar-refractivity contribution in [2.75, 3.05) is 6.61 Å². The van der Waals surface area contributed by atoms with Gasteiger partial charge in [0.15, 0.2) is 11.6 Å². The zero-order chi connectivity index (χ0) is 26.7. The molecule has 0 N–H and O–H groups in total. The lowest BCUT2D eigenvalue weighted by Gasteiger charge is -2.28. The van der Waals surface area contributed by atoms with Gasteiger partial charge < -0.3 is 4.74 Å². The summed E-state index contributed by atoms with van der Waals surface area (Å²) in [4.78, 5) is 0. The van der Waals surface area contributed by atoms with Crippen LogP contribution in [0.25, 0.3) is 5.57 Å². The molecule has 2 aromatic rings. The second-order valence-corrected chi connectivity index (χ2v) is 11.1. The maximum Gasteiger partial charge on any atom is 0.201 e. The predicted octanol–water partition coefficient (Wildman–Crippen LogP) is 10.4. The average molecular weight is 519 g/mol. The summed E-state index contributed by atoms with van der Waals surface area (Å²) in [5, 5.41) is 0. The van der Waals surface area contributed by atoms with E-state index in [4.69, 9.17) is 4.74 Å². The SMILES string of the molecule is C/C=C/CCc1ccc(C2CCC(/C=C/C3CC=C(c4ccc(OCCCC)c(F)c4F)CC3)CC2)cc1. The quantitative estimate of drug-likeness (QED) is 0.212. The van der Waals surface area contributed by atoms with Crippen LogP contribution in [0.3, 0.4) is 0 Å². The molecule has 2 aliphatic carbocycles. The molecular weight excluding hydrogens is 474 g/mol. The lowest BCUT2D eigenvalue weighted by Crippen LogP contribution is -2.12. The standard InChI is InChI=1S/C35H44F2O/c1-3-5-7-8-26-11-17-29(18-12-26)30-19-13-27(14-20-30)9-10-28-15-21-31(22-16-28)32-23-24-33(35(37)34(32)36)38-25-6-4-2/h3,5,9-12,17-18,21,23-24,27-28,30H,4,6-8,13-16,19-20,22,25H2,1-2H3/b5-3+,10-9+. The van der Waals surface area contributed by atoms with E-state index in [1.54, 1.807) is 12.1 Å². The van der Waals surface area contributed by atoms with Gasteiger partial charge in [-0.25, -0.2) is 4.39 Å². The Morgan fingerprint density at radius 2 is 1.66 bits per heavy atom. The van der Waals surface area contributed by atoms with Crippen LogP contribution >= 0.6 is 0 Å². The fourth-order valence-electron chi connectivity index (χ4n) is 5.82. The Hall–Kier alpha value is -2.68. The number of hydrogen-bond donors (Lipinski definition) is 0. The molecule has 2 aliphatic rings. The Kier molecular flexibility index (Phi) is 10.8. The van der Waals surface area contributed by atoms with Crippen LogP contribution in [0, 0.1) is 23.5 Å². The Bertz CT molecular complexity index is 1100. The number of unbranched alkanes of at least 4 members (excludes halogenated alkanes) is 1. The molecule has 2 aromatic carbocycles. The zero-order valence-electron chi connectivity index (χ0n) is 23.2. The van der Waals surface area contributed by atoms with Gasteiger partial charge in [-0.1, -0.05) is 68.0 Å². The van der Waals surface area contributed by atoms with Crippen molar-refractivity contribution in [2.24, 2.45) is 11.8 Å². The lowest BCUT2D eigenvalue weighted by atomic mass is 9.77. The number of hydrogen-bond acceptors (Lipinski definition) is 1. The predicted molar refractivity (Wildman–Crippen MR) is 155 cm³/mol. The number of aryl methyl sites for hydroxylation is 1. The first kappa shape index (κ1) is 28.3. The molecule has 4 rings (SSSR count). The molecule has 38 heavy (non-hydrogen) atoms. The first-order chi connectivity index (χ1) is 18.6. The first-order valence-corrected chi connectivity index (χ1v) is 14.8. The summed E-state index contributed by atoms with van der Waals surface area (Å²) in [6.07, 6.45) is 22.9. The van der Waals surface area contributed by atoms with Crippen LogP contribution in [-0.2, 0) is 6.42 Å². The van der Waals surface area contributed by atoms with Crippen molar-refractivity contribution in [1.29, 1.82) is 0 Å². The van der Waals surface area contributed by atoms with E-state index < -0.39 is 11.6 Å². The highest BCUT2D eigenvalue weighted by Gasteiger charge is 2.23. The van der Waals surface area contributed by atoms with Crippen molar-refractivity contribution in [3.05, 3.63) is 95.1 Å². The fraction of sp³-hybridized carbons (Fsp3) is 0.486. The van der Waals surface area contributed by atoms with Crippen molar-refractivity contribution < 1.29 is 13.5 Å². The Labute approximate surface area is 228 Å². The lowest BCUT2D eigenvalue weighted by molar-refractivity contribution is 0.288. The summed E-state index contributed by atoms with van der Waals surface area (Å²) in [5.41, 5.74) is 4.22. The number of rotatable bonds is 11. The van der Waals surface area contributed by atoms with E-state index in [0.29, 0.717) is 29.9 Å². The zero-order valence-corrected chi connectivity index (χ0v) is 23.2. The van der Waals surface area contributed by atoms with E-state index in [2.05, 4.69) is 61.6 Å². The topological polar surface area (TPSA) is 9.23 Å². The molecule has 1 atom stereocenters. The van der Waals surface area contributed by atoms with Crippen molar-refractivity contribution in [1.82, 2.24) is 0 Å². The molecule has 204 valence electrons. The molecule has 0 radical (unpaired) electrons. The monoisotopic (exact) mass is 518 g/mol. The van der Waals surface area contributed by atoms with Gasteiger partial charge in [0.25, 0.3) is 0 Å². The van der Waals surface area contributed by atoms with E-state index in [-0.39, 0.29) is 5.75 Å². The molecule has 0 aliphatic heterocycles. The summed E-state index contributed by atoms with van der Waals surface area (Å²) in [7, 11) is 0. The van der Waals surface area contributed by atoms with Gasteiger partial charge in [-0.05, 0) is 118 Å². The molecule has 3 heteroatoms. The summed E-state index contributed by atoms with van der Waals surface area (Å²) in [6.45, 7) is 4.53. The number of halogens is 2. The van der Waals surface area contributed by atoms with Crippen LogP contribution in [-0.4, -0.2) is 6.61 Å². The van der Waals surface area contributed by atoms with E-state index in [9.17, 15) is 8.78 Å². The summed E-state index contributed by atoms with van der Waals surface area (Å²) < 4.78 is 34.7. The Morgan fingerprint density at radius 3 is 2.34 bits per heavy atom. The number of allylic oxidation sites excluding steroid dienone is 6. The number of ether oxygens (including phenoxy) is 1. The maximum atomic E-state index is 14.8. The molecule has 0 heterocycles. The minimum absolute atomic E-state index is 0.0173. The third kappa shape index (κ3) is 7.68. The molecule has 0 saturated heterocycles. The largest absolute Gasteiger partial charge is 0.490 e. The van der Waals surface area contributed by atoms with Gasteiger partial charge in [0.1, 0.15) is 0 Å². The molecule has 1 nitrogen and oxygen atoms in total. The van der Waals surface area contributed by atoms with Gasteiger partial charge in [0.05, 0.1) is 6.61 Å². The van der Waals surface area contributed by atoms with Crippen molar-refractivity contribution in [3.63, 3.8) is 0 Å². The molecule has 0 spiro atoms. The molecule has 0 amide bonds. The van der Waals surface area contributed by atoms with E-state index in [0.717, 1.165) is 50.5 Å². The van der Waals surface area contributed by atoms with E-state index in [1.165, 1.54) is 36.8 Å². The Balaban J connectivity index is 1.24. The molecule has 0 bridgehead atoms. The second kappa shape index (κ2) is 14.5. The molecule has 0 aromatic heterocycles. The van der Waals surface area contributed by atoms with Gasteiger partial charge in [-0.15, -0.1) is 0 Å². The molecular formula is C35H44F2O. The van der Waals surface area contributed by atoms with Crippen LogP contribution in [0.15, 0.2) is 66.8 Å².